The minimum atomic E-state index is -1.18. The third-order valence-corrected chi connectivity index (χ3v) is 6.95. The van der Waals surface area contributed by atoms with Gasteiger partial charge in [0.15, 0.2) is 5.43 Å². The second kappa shape index (κ2) is 6.02. The topological polar surface area (TPSA) is 68.5 Å². The van der Waals surface area contributed by atoms with Gasteiger partial charge in [0.25, 0.3) is 0 Å². The Balaban J connectivity index is 1.54. The summed E-state index contributed by atoms with van der Waals surface area (Å²) in [5.74, 6) is -1.18. The van der Waals surface area contributed by atoms with Crippen LogP contribution >= 0.6 is 11.3 Å². The first kappa shape index (κ1) is 16.9. The van der Waals surface area contributed by atoms with Crippen LogP contribution in [0.5, 0.6) is 0 Å². The molecule has 144 valence electrons. The van der Waals surface area contributed by atoms with Crippen LogP contribution in [0.2, 0.25) is 0 Å². The van der Waals surface area contributed by atoms with Gasteiger partial charge in [0, 0.05) is 31.0 Å². The van der Waals surface area contributed by atoms with Gasteiger partial charge in [-0.2, -0.15) is 11.3 Å². The van der Waals surface area contributed by atoms with Crippen molar-refractivity contribution in [1.29, 1.82) is 0 Å². The minimum absolute atomic E-state index is 0.0185. The molecule has 1 aliphatic carbocycles. The predicted octanol–water partition coefficient (Wildman–Crippen LogP) is 4.09. The zero-order chi connectivity index (χ0) is 19.7. The van der Waals surface area contributed by atoms with Gasteiger partial charge in [-0.25, -0.2) is 4.79 Å². The maximum absolute atomic E-state index is 12.4. The lowest BCUT2D eigenvalue weighted by Crippen LogP contribution is -2.31. The Morgan fingerprint density at radius 3 is 2.90 bits per heavy atom. The number of hydrogen-bond donors (Lipinski definition) is 1. The number of allylic oxidation sites excluding steroid dienone is 1. The Hall–Kier alpha value is -2.96. The average Bonchev–Trinajstić information content (AvgIpc) is 3.45. The molecule has 5 nitrogen and oxygen atoms in total. The molecule has 0 radical (unpaired) electrons. The second-order valence-electron chi connectivity index (χ2n) is 7.75. The molecule has 0 spiro atoms. The van der Waals surface area contributed by atoms with Crippen LogP contribution in [-0.2, 0) is 11.2 Å². The first-order valence-corrected chi connectivity index (χ1v) is 10.6. The van der Waals surface area contributed by atoms with Crippen molar-refractivity contribution >= 4 is 28.5 Å². The molecule has 4 heterocycles. The van der Waals surface area contributed by atoms with Crippen LogP contribution in [0, 0.1) is 0 Å². The highest BCUT2D eigenvalue weighted by molar-refractivity contribution is 7.08. The summed E-state index contributed by atoms with van der Waals surface area (Å²) in [7, 11) is 0. The number of benzene rings is 1. The largest absolute Gasteiger partial charge is 0.477 e. The number of ether oxygens (including phenoxy) is 1. The van der Waals surface area contributed by atoms with Crippen molar-refractivity contribution in [3.05, 3.63) is 79.9 Å². The number of hydrogen-bond acceptors (Lipinski definition) is 4. The number of nitrogens with zero attached hydrogens (tertiary/aromatic N) is 1. The number of pyridine rings is 1. The van der Waals surface area contributed by atoms with E-state index in [2.05, 4.69) is 35.0 Å². The van der Waals surface area contributed by atoms with Crippen LogP contribution in [0.15, 0.2) is 52.1 Å². The smallest absolute Gasteiger partial charge is 0.341 e. The van der Waals surface area contributed by atoms with Crippen LogP contribution in [0.4, 0.5) is 0 Å². The molecule has 0 unspecified atom stereocenters. The molecule has 1 N–H and O–H groups in total. The van der Waals surface area contributed by atoms with Gasteiger partial charge < -0.3 is 14.4 Å². The Kier molecular flexibility index (Phi) is 3.52. The molecule has 3 aliphatic rings. The minimum Gasteiger partial charge on any atom is -0.477 e. The van der Waals surface area contributed by atoms with Gasteiger partial charge in [-0.3, -0.25) is 4.79 Å². The number of aromatic carboxylic acids is 1. The molecule has 1 aromatic carbocycles. The highest BCUT2D eigenvalue weighted by Gasteiger charge is 2.43. The third kappa shape index (κ3) is 2.36. The van der Waals surface area contributed by atoms with Crippen LogP contribution in [0.3, 0.4) is 0 Å². The summed E-state index contributed by atoms with van der Waals surface area (Å²) in [5, 5.41) is 13.6. The van der Waals surface area contributed by atoms with Gasteiger partial charge in [0.1, 0.15) is 11.7 Å². The Labute approximate surface area is 170 Å². The molecule has 2 aliphatic heterocycles. The number of carboxylic acids is 1. The lowest BCUT2D eigenvalue weighted by atomic mass is 9.89. The van der Waals surface area contributed by atoms with Crippen molar-refractivity contribution in [3.63, 3.8) is 0 Å². The van der Waals surface area contributed by atoms with Gasteiger partial charge in [-0.1, -0.05) is 18.2 Å². The number of carboxylic acid groups (broad SMARTS) is 1. The summed E-state index contributed by atoms with van der Waals surface area (Å²) in [6, 6.07) is 10.2. The molecule has 2 atom stereocenters. The van der Waals surface area contributed by atoms with E-state index in [9.17, 15) is 14.7 Å². The predicted molar refractivity (Wildman–Crippen MR) is 111 cm³/mol. The van der Waals surface area contributed by atoms with Crippen molar-refractivity contribution < 1.29 is 14.6 Å². The summed E-state index contributed by atoms with van der Waals surface area (Å²) < 4.78 is 8.08. The molecule has 0 saturated carbocycles. The molecule has 6 heteroatoms. The molecule has 0 amide bonds. The van der Waals surface area contributed by atoms with Gasteiger partial charge in [0.2, 0.25) is 0 Å². The van der Waals surface area contributed by atoms with Crippen LogP contribution < -0.4 is 5.43 Å². The highest BCUT2D eigenvalue weighted by atomic mass is 32.1. The van der Waals surface area contributed by atoms with E-state index in [1.165, 1.54) is 40.1 Å². The van der Waals surface area contributed by atoms with Crippen molar-refractivity contribution in [2.45, 2.75) is 25.0 Å². The van der Waals surface area contributed by atoms with Crippen molar-refractivity contribution in [2.75, 3.05) is 6.61 Å². The molecule has 1 fully saturated rings. The van der Waals surface area contributed by atoms with Crippen molar-refractivity contribution in [2.24, 2.45) is 0 Å². The van der Waals surface area contributed by atoms with Crippen LogP contribution in [0.25, 0.3) is 22.3 Å². The van der Waals surface area contributed by atoms with Gasteiger partial charge in [0.05, 0.1) is 6.04 Å². The summed E-state index contributed by atoms with van der Waals surface area (Å²) in [5.41, 5.74) is 7.28. The van der Waals surface area contributed by atoms with Crippen LogP contribution in [-0.4, -0.2) is 28.4 Å². The number of thiophene rings is 1. The zero-order valence-corrected chi connectivity index (χ0v) is 16.2. The maximum Gasteiger partial charge on any atom is 0.341 e. The molecule has 2 aromatic heterocycles. The van der Waals surface area contributed by atoms with Crippen molar-refractivity contribution in [3.8, 4) is 11.1 Å². The number of carbonyl (C=O) groups is 1. The van der Waals surface area contributed by atoms with E-state index in [-0.39, 0.29) is 17.7 Å². The average molecular weight is 403 g/mol. The Morgan fingerprint density at radius 2 is 2.10 bits per heavy atom. The normalized spacial score (nSPS) is 21.5. The fourth-order valence-corrected chi connectivity index (χ4v) is 5.64. The zero-order valence-electron chi connectivity index (χ0n) is 15.4. The lowest BCUT2D eigenvalue weighted by molar-refractivity contribution is 0.0693. The van der Waals surface area contributed by atoms with E-state index in [1.807, 2.05) is 4.57 Å². The van der Waals surface area contributed by atoms with Crippen LogP contribution in [0.1, 0.15) is 39.6 Å². The van der Waals surface area contributed by atoms with Gasteiger partial charge >= 0.3 is 5.97 Å². The quantitative estimate of drug-likeness (QED) is 0.700. The molecule has 29 heavy (non-hydrogen) atoms. The fourth-order valence-electron chi connectivity index (χ4n) is 4.98. The molecule has 0 bridgehead atoms. The van der Waals surface area contributed by atoms with E-state index < -0.39 is 11.4 Å². The van der Waals surface area contributed by atoms with E-state index in [0.717, 1.165) is 24.1 Å². The number of aromatic nitrogens is 1. The van der Waals surface area contributed by atoms with E-state index >= 15 is 0 Å². The molecule has 6 rings (SSSR count). The highest BCUT2D eigenvalue weighted by Crippen LogP contribution is 2.50. The summed E-state index contributed by atoms with van der Waals surface area (Å²) in [6.07, 6.45) is 2.94. The first-order chi connectivity index (χ1) is 14.1. The Morgan fingerprint density at radius 1 is 1.21 bits per heavy atom. The first-order valence-electron chi connectivity index (χ1n) is 9.62. The SMILES string of the molecule is O=C(O)c1cn2c(cc1=O)C1=C(c3ccc(-c4ccsc4)cc3C1)[C@H]1OCC[C@H]12. The van der Waals surface area contributed by atoms with Gasteiger partial charge in [-0.05, 0) is 56.6 Å². The number of rotatable bonds is 2. The van der Waals surface area contributed by atoms with Gasteiger partial charge in [-0.15, -0.1) is 0 Å². The second-order valence-corrected chi connectivity index (χ2v) is 8.53. The van der Waals surface area contributed by atoms with Crippen molar-refractivity contribution in [1.82, 2.24) is 4.57 Å². The number of fused-ring (bicyclic) bond motifs is 7. The van der Waals surface area contributed by atoms with E-state index in [0.29, 0.717) is 6.61 Å². The Bertz CT molecular complexity index is 1270. The third-order valence-electron chi connectivity index (χ3n) is 6.26. The standard InChI is InChI=1S/C23H17NO4S/c25-20-9-19-16-8-14-7-12(13-4-6-29-11-13)1-2-15(14)21(16)22-18(3-5-28-22)24(19)10-17(20)23(26)27/h1-2,4,6-7,9-11,18,22H,3,5,8H2,(H,26,27)/t18-,22+/m1/s1. The fraction of sp³-hybridized carbons (Fsp3) is 0.217. The summed E-state index contributed by atoms with van der Waals surface area (Å²) in [4.78, 5) is 23.9. The lowest BCUT2D eigenvalue weighted by Gasteiger charge is -2.32. The summed E-state index contributed by atoms with van der Waals surface area (Å²) >= 11 is 1.68. The maximum atomic E-state index is 12.4. The van der Waals surface area contributed by atoms with E-state index in [1.54, 1.807) is 11.3 Å². The monoisotopic (exact) mass is 403 g/mol. The molecule has 1 saturated heterocycles. The molecular formula is C23H17NO4S. The van der Waals surface area contributed by atoms with E-state index in [4.69, 9.17) is 4.74 Å². The summed E-state index contributed by atoms with van der Waals surface area (Å²) in [6.45, 7) is 0.627. The molecular weight excluding hydrogens is 386 g/mol. The molecule has 3 aromatic rings.